The SMILES string of the molecule is Cc1ccc(C(=O)N2CCC[C@@H](Cc3ccc4nccn4n3)CC2)cc1NCc1ccccn1. The van der Waals surface area contributed by atoms with Crippen molar-refractivity contribution in [1.82, 2.24) is 24.5 Å². The van der Waals surface area contributed by atoms with Crippen LogP contribution in [0, 0.1) is 12.8 Å². The number of carbonyl (C=O) groups is 1. The van der Waals surface area contributed by atoms with Crippen LogP contribution in [0.5, 0.6) is 0 Å². The third-order valence-electron chi connectivity index (χ3n) is 6.61. The van der Waals surface area contributed by atoms with Crippen molar-refractivity contribution in [2.24, 2.45) is 5.92 Å². The van der Waals surface area contributed by atoms with Gasteiger partial charge in [0.25, 0.3) is 5.91 Å². The summed E-state index contributed by atoms with van der Waals surface area (Å²) in [7, 11) is 0. The molecule has 0 bridgehead atoms. The molecule has 4 aromatic rings. The van der Waals surface area contributed by atoms with Crippen molar-refractivity contribution >= 4 is 17.2 Å². The minimum atomic E-state index is 0.111. The molecule has 1 fully saturated rings. The Bertz CT molecular complexity index is 1270. The standard InChI is InChI=1S/C27H30N6O/c1-20-7-8-22(18-25(20)30-19-24-6-2-3-12-28-24)27(34)32-14-4-5-21(11-15-32)17-23-9-10-26-29-13-16-33(26)31-23/h2-3,6-10,12-13,16,18,21,30H,4-5,11,14-15,17,19H2,1H3/t21-/m1/s1. The van der Waals surface area contributed by atoms with Gasteiger partial charge in [-0.15, -0.1) is 0 Å². The number of aromatic nitrogens is 4. The molecule has 0 aliphatic carbocycles. The van der Waals surface area contributed by atoms with E-state index in [1.54, 1.807) is 12.4 Å². The van der Waals surface area contributed by atoms with Crippen molar-refractivity contribution < 1.29 is 4.79 Å². The molecule has 1 saturated heterocycles. The number of nitrogens with zero attached hydrogens (tertiary/aromatic N) is 5. The monoisotopic (exact) mass is 454 g/mol. The lowest BCUT2D eigenvalue weighted by molar-refractivity contribution is 0.0760. The number of aryl methyl sites for hydroxylation is 1. The summed E-state index contributed by atoms with van der Waals surface area (Å²) in [4.78, 5) is 24.0. The van der Waals surface area contributed by atoms with Gasteiger partial charge in [-0.1, -0.05) is 12.1 Å². The predicted octanol–water partition coefficient (Wildman–Crippen LogP) is 4.53. The first-order valence-electron chi connectivity index (χ1n) is 12.0. The molecule has 1 aromatic carbocycles. The highest BCUT2D eigenvalue weighted by molar-refractivity contribution is 5.95. The Kier molecular flexibility index (Phi) is 6.51. The molecule has 1 N–H and O–H groups in total. The number of nitrogens with one attached hydrogen (secondary N) is 1. The zero-order chi connectivity index (χ0) is 23.3. The summed E-state index contributed by atoms with van der Waals surface area (Å²) in [6, 6.07) is 15.9. The molecule has 0 spiro atoms. The van der Waals surface area contributed by atoms with Crippen LogP contribution < -0.4 is 5.32 Å². The Morgan fingerprint density at radius 3 is 2.85 bits per heavy atom. The van der Waals surface area contributed by atoms with Gasteiger partial charge in [0.15, 0.2) is 5.65 Å². The smallest absolute Gasteiger partial charge is 0.253 e. The Balaban J connectivity index is 1.21. The molecule has 7 nitrogen and oxygen atoms in total. The molecule has 34 heavy (non-hydrogen) atoms. The fourth-order valence-electron chi connectivity index (χ4n) is 4.65. The second-order valence-corrected chi connectivity index (χ2v) is 9.05. The van der Waals surface area contributed by atoms with Crippen LogP contribution in [0.25, 0.3) is 5.65 Å². The Labute approximate surface area is 199 Å². The molecular weight excluding hydrogens is 424 g/mol. The molecule has 1 amide bonds. The van der Waals surface area contributed by atoms with E-state index >= 15 is 0 Å². The number of pyridine rings is 1. The topological polar surface area (TPSA) is 75.4 Å². The van der Waals surface area contributed by atoms with E-state index in [2.05, 4.69) is 33.4 Å². The molecule has 3 aromatic heterocycles. The van der Waals surface area contributed by atoms with Crippen LogP contribution >= 0.6 is 0 Å². The molecule has 0 radical (unpaired) electrons. The van der Waals surface area contributed by atoms with Crippen LogP contribution in [0.2, 0.25) is 0 Å². The number of hydrogen-bond acceptors (Lipinski definition) is 5. The highest BCUT2D eigenvalue weighted by Gasteiger charge is 2.22. The fourth-order valence-corrected chi connectivity index (χ4v) is 4.65. The van der Waals surface area contributed by atoms with E-state index in [0.29, 0.717) is 12.5 Å². The zero-order valence-corrected chi connectivity index (χ0v) is 19.5. The van der Waals surface area contributed by atoms with Crippen LogP contribution in [0.1, 0.15) is 46.6 Å². The van der Waals surface area contributed by atoms with Crippen molar-refractivity contribution in [1.29, 1.82) is 0 Å². The summed E-state index contributed by atoms with van der Waals surface area (Å²) in [5.74, 6) is 0.638. The van der Waals surface area contributed by atoms with Gasteiger partial charge in [0, 0.05) is 42.9 Å². The first kappa shape index (κ1) is 22.1. The lowest BCUT2D eigenvalue weighted by atomic mass is 9.95. The van der Waals surface area contributed by atoms with Crippen molar-refractivity contribution in [3.05, 3.63) is 89.6 Å². The number of hydrogen-bond donors (Lipinski definition) is 1. The third-order valence-corrected chi connectivity index (χ3v) is 6.61. The highest BCUT2D eigenvalue weighted by Crippen LogP contribution is 2.24. The third kappa shape index (κ3) is 5.09. The summed E-state index contributed by atoms with van der Waals surface area (Å²) in [6.07, 6.45) is 9.49. The van der Waals surface area contributed by atoms with Gasteiger partial charge in [-0.2, -0.15) is 5.10 Å². The minimum Gasteiger partial charge on any atom is -0.379 e. The second-order valence-electron chi connectivity index (χ2n) is 9.05. The molecule has 5 rings (SSSR count). The maximum Gasteiger partial charge on any atom is 0.253 e. The first-order valence-corrected chi connectivity index (χ1v) is 12.0. The van der Waals surface area contributed by atoms with Crippen LogP contribution in [0.3, 0.4) is 0 Å². The quantitative estimate of drug-likeness (QED) is 0.463. The van der Waals surface area contributed by atoms with Gasteiger partial charge in [-0.05, 0) is 80.5 Å². The van der Waals surface area contributed by atoms with Crippen LogP contribution in [0.4, 0.5) is 5.69 Å². The molecular formula is C27H30N6O. The fraction of sp³-hybridized carbons (Fsp3) is 0.333. The molecule has 4 heterocycles. The molecule has 7 heteroatoms. The maximum absolute atomic E-state index is 13.3. The lowest BCUT2D eigenvalue weighted by Gasteiger charge is -2.21. The van der Waals surface area contributed by atoms with Gasteiger partial charge in [-0.3, -0.25) is 9.78 Å². The maximum atomic E-state index is 13.3. The van der Waals surface area contributed by atoms with Crippen molar-refractivity contribution in [3.8, 4) is 0 Å². The zero-order valence-electron chi connectivity index (χ0n) is 19.5. The highest BCUT2D eigenvalue weighted by atomic mass is 16.2. The molecule has 174 valence electrons. The van der Waals surface area contributed by atoms with Crippen molar-refractivity contribution in [2.75, 3.05) is 18.4 Å². The van der Waals surface area contributed by atoms with Crippen molar-refractivity contribution in [3.63, 3.8) is 0 Å². The number of anilines is 1. The van der Waals surface area contributed by atoms with Crippen LogP contribution in [0.15, 0.2) is 67.1 Å². The number of likely N-dealkylation sites (tertiary alicyclic amines) is 1. The van der Waals surface area contributed by atoms with Gasteiger partial charge < -0.3 is 10.2 Å². The molecule has 1 aliphatic rings. The first-order chi connectivity index (χ1) is 16.7. The Hall–Kier alpha value is -3.74. The average molecular weight is 455 g/mol. The minimum absolute atomic E-state index is 0.111. The number of rotatable bonds is 6. The molecule has 1 aliphatic heterocycles. The Morgan fingerprint density at radius 1 is 1.03 bits per heavy atom. The van der Waals surface area contributed by atoms with Gasteiger partial charge in [-0.25, -0.2) is 9.50 Å². The number of amides is 1. The summed E-state index contributed by atoms with van der Waals surface area (Å²) in [5.41, 5.74) is 5.75. The van der Waals surface area contributed by atoms with Crippen LogP contribution in [-0.2, 0) is 13.0 Å². The number of carbonyl (C=O) groups excluding carboxylic acids is 1. The van der Waals surface area contributed by atoms with E-state index in [1.165, 1.54) is 0 Å². The largest absolute Gasteiger partial charge is 0.379 e. The molecule has 0 saturated carbocycles. The predicted molar refractivity (Wildman–Crippen MR) is 133 cm³/mol. The average Bonchev–Trinajstić information content (AvgIpc) is 3.21. The van der Waals surface area contributed by atoms with Crippen LogP contribution in [-0.4, -0.2) is 43.5 Å². The number of imidazole rings is 1. The lowest BCUT2D eigenvalue weighted by Crippen LogP contribution is -2.32. The molecule has 0 unspecified atom stereocenters. The summed E-state index contributed by atoms with van der Waals surface area (Å²) >= 11 is 0. The number of benzene rings is 1. The van der Waals surface area contributed by atoms with Crippen molar-refractivity contribution in [2.45, 2.75) is 39.2 Å². The molecule has 1 atom stereocenters. The van der Waals surface area contributed by atoms with E-state index in [-0.39, 0.29) is 5.91 Å². The van der Waals surface area contributed by atoms with Gasteiger partial charge in [0.1, 0.15) is 0 Å². The Morgan fingerprint density at radius 2 is 1.97 bits per heavy atom. The normalized spacial score (nSPS) is 16.4. The van der Waals surface area contributed by atoms with E-state index < -0.39 is 0 Å². The summed E-state index contributed by atoms with van der Waals surface area (Å²) < 4.78 is 1.83. The van der Waals surface area contributed by atoms with E-state index in [4.69, 9.17) is 0 Å². The van der Waals surface area contributed by atoms with E-state index in [9.17, 15) is 4.79 Å². The van der Waals surface area contributed by atoms with E-state index in [0.717, 1.165) is 72.6 Å². The van der Waals surface area contributed by atoms with Gasteiger partial charge in [0.2, 0.25) is 0 Å². The summed E-state index contributed by atoms with van der Waals surface area (Å²) in [6.45, 7) is 4.26. The summed E-state index contributed by atoms with van der Waals surface area (Å²) in [5, 5.41) is 8.12. The van der Waals surface area contributed by atoms with Gasteiger partial charge >= 0.3 is 0 Å². The van der Waals surface area contributed by atoms with E-state index in [1.807, 2.05) is 58.1 Å². The number of fused-ring (bicyclic) bond motifs is 1. The van der Waals surface area contributed by atoms with Gasteiger partial charge in [0.05, 0.1) is 17.9 Å². The second kappa shape index (κ2) is 10.0.